The fraction of sp³-hybridized carbons (Fsp3) is 0.333. The van der Waals surface area contributed by atoms with E-state index in [4.69, 9.17) is 15.7 Å². The molecule has 4 N–H and O–H groups in total. The number of carbonyl (C=O) groups excluding carboxylic acids is 1. The third-order valence-corrected chi connectivity index (χ3v) is 2.34. The highest BCUT2D eigenvalue weighted by Gasteiger charge is 2.09. The summed E-state index contributed by atoms with van der Waals surface area (Å²) in [5.41, 5.74) is 6.49. The lowest BCUT2D eigenvalue weighted by atomic mass is 10.1. The molecular weight excluding hydrogens is 234 g/mol. The van der Waals surface area contributed by atoms with Crippen molar-refractivity contribution in [3.8, 4) is 0 Å². The highest BCUT2D eigenvalue weighted by molar-refractivity contribution is 5.99. The van der Waals surface area contributed by atoms with Crippen molar-refractivity contribution in [2.24, 2.45) is 10.9 Å². The van der Waals surface area contributed by atoms with Crippen molar-refractivity contribution in [2.45, 2.75) is 13.0 Å². The van der Waals surface area contributed by atoms with Gasteiger partial charge in [-0.05, 0) is 19.1 Å². The molecule has 1 aromatic rings. The number of amides is 1. The Balaban J connectivity index is 2.70. The Kier molecular flexibility index (Phi) is 5.13. The van der Waals surface area contributed by atoms with Gasteiger partial charge in [0.25, 0.3) is 5.91 Å². The molecule has 98 valence electrons. The number of carbonyl (C=O) groups is 1. The minimum atomic E-state index is -0.189. The van der Waals surface area contributed by atoms with Crippen molar-refractivity contribution in [1.82, 2.24) is 5.32 Å². The number of benzene rings is 1. The molecule has 1 amide bonds. The van der Waals surface area contributed by atoms with Crippen molar-refractivity contribution in [3.63, 3.8) is 0 Å². The lowest BCUT2D eigenvalue weighted by Crippen LogP contribution is -2.35. The number of nitrogens with zero attached hydrogens (tertiary/aromatic N) is 1. The standard InChI is InChI=1S/C12H17N3O3/c1-8(7-18-2)14-12(16)10-5-3-9(4-6-10)11(13)15-17/h3-6,8,17H,7H2,1-2H3,(H2,13,15)(H,14,16). The summed E-state index contributed by atoms with van der Waals surface area (Å²) in [6.07, 6.45) is 0. The average Bonchev–Trinajstić information content (AvgIpc) is 2.38. The Bertz CT molecular complexity index is 429. The molecule has 1 rings (SSSR count). The van der Waals surface area contributed by atoms with Gasteiger partial charge in [-0.2, -0.15) is 0 Å². The van der Waals surface area contributed by atoms with E-state index in [9.17, 15) is 4.79 Å². The Morgan fingerprint density at radius 1 is 1.44 bits per heavy atom. The molecule has 0 saturated heterocycles. The number of methoxy groups -OCH3 is 1. The third-order valence-electron chi connectivity index (χ3n) is 2.34. The predicted molar refractivity (Wildman–Crippen MR) is 67.8 cm³/mol. The quantitative estimate of drug-likeness (QED) is 0.308. The summed E-state index contributed by atoms with van der Waals surface area (Å²) in [5, 5.41) is 14.2. The van der Waals surface area contributed by atoms with Crippen LogP contribution in [0.1, 0.15) is 22.8 Å². The van der Waals surface area contributed by atoms with Crippen LogP contribution < -0.4 is 11.1 Å². The molecule has 0 radical (unpaired) electrons. The average molecular weight is 251 g/mol. The van der Waals surface area contributed by atoms with Crippen molar-refractivity contribution in [1.29, 1.82) is 0 Å². The molecular formula is C12H17N3O3. The van der Waals surface area contributed by atoms with Crippen molar-refractivity contribution >= 4 is 11.7 Å². The summed E-state index contributed by atoms with van der Waals surface area (Å²) in [6, 6.07) is 6.40. The molecule has 6 nitrogen and oxygen atoms in total. The van der Waals surface area contributed by atoms with Gasteiger partial charge in [-0.1, -0.05) is 17.3 Å². The van der Waals surface area contributed by atoms with Crippen LogP contribution in [0.3, 0.4) is 0 Å². The van der Waals surface area contributed by atoms with E-state index < -0.39 is 0 Å². The largest absolute Gasteiger partial charge is 0.409 e. The monoisotopic (exact) mass is 251 g/mol. The van der Waals surface area contributed by atoms with Crippen LogP contribution in [0.15, 0.2) is 29.4 Å². The highest BCUT2D eigenvalue weighted by atomic mass is 16.5. The molecule has 0 fully saturated rings. The normalized spacial score (nSPS) is 13.1. The van der Waals surface area contributed by atoms with Crippen LogP contribution in [-0.2, 0) is 4.74 Å². The molecule has 0 aliphatic rings. The number of oxime groups is 1. The maximum Gasteiger partial charge on any atom is 0.251 e. The number of ether oxygens (including phenoxy) is 1. The molecule has 0 heterocycles. The molecule has 1 aromatic carbocycles. The summed E-state index contributed by atoms with van der Waals surface area (Å²) in [4.78, 5) is 11.8. The zero-order chi connectivity index (χ0) is 13.5. The number of nitrogens with two attached hydrogens (primary N) is 1. The SMILES string of the molecule is COCC(C)NC(=O)c1ccc(/C(N)=N/O)cc1. The molecule has 0 spiro atoms. The molecule has 18 heavy (non-hydrogen) atoms. The topological polar surface area (TPSA) is 96.9 Å². The van der Waals surface area contributed by atoms with Crippen molar-refractivity contribution in [2.75, 3.05) is 13.7 Å². The second kappa shape index (κ2) is 6.61. The van der Waals surface area contributed by atoms with Gasteiger partial charge in [0.05, 0.1) is 6.61 Å². The minimum absolute atomic E-state index is 0.00899. The van der Waals surface area contributed by atoms with E-state index in [0.29, 0.717) is 17.7 Å². The van der Waals surface area contributed by atoms with Crippen molar-refractivity contribution in [3.05, 3.63) is 35.4 Å². The lowest BCUT2D eigenvalue weighted by Gasteiger charge is -2.12. The second-order valence-corrected chi connectivity index (χ2v) is 3.89. The van der Waals surface area contributed by atoms with Crippen LogP contribution in [0.25, 0.3) is 0 Å². The van der Waals surface area contributed by atoms with E-state index in [1.165, 1.54) is 0 Å². The number of hydrogen-bond acceptors (Lipinski definition) is 4. The number of rotatable bonds is 5. The molecule has 0 aliphatic carbocycles. The first kappa shape index (κ1) is 14.0. The molecule has 0 bridgehead atoms. The Morgan fingerprint density at radius 3 is 2.50 bits per heavy atom. The van der Waals surface area contributed by atoms with E-state index in [1.807, 2.05) is 6.92 Å². The van der Waals surface area contributed by atoms with Gasteiger partial charge in [0.15, 0.2) is 5.84 Å². The Labute approximate surface area is 105 Å². The van der Waals surface area contributed by atoms with Crippen LogP contribution >= 0.6 is 0 Å². The zero-order valence-electron chi connectivity index (χ0n) is 10.4. The van der Waals surface area contributed by atoms with E-state index in [0.717, 1.165) is 0 Å². The van der Waals surface area contributed by atoms with Crippen LogP contribution in [0.4, 0.5) is 0 Å². The van der Waals surface area contributed by atoms with E-state index >= 15 is 0 Å². The summed E-state index contributed by atoms with van der Waals surface area (Å²) < 4.78 is 4.93. The third kappa shape index (κ3) is 3.74. The smallest absolute Gasteiger partial charge is 0.251 e. The first-order valence-corrected chi connectivity index (χ1v) is 5.46. The maximum absolute atomic E-state index is 11.8. The van der Waals surface area contributed by atoms with Crippen LogP contribution in [0.2, 0.25) is 0 Å². The fourth-order valence-electron chi connectivity index (χ4n) is 1.45. The molecule has 0 aromatic heterocycles. The number of nitrogens with one attached hydrogen (secondary N) is 1. The van der Waals surface area contributed by atoms with Gasteiger partial charge in [-0.15, -0.1) is 0 Å². The molecule has 1 unspecified atom stereocenters. The lowest BCUT2D eigenvalue weighted by molar-refractivity contribution is 0.0905. The minimum Gasteiger partial charge on any atom is -0.409 e. The van der Waals surface area contributed by atoms with Gasteiger partial charge in [0, 0.05) is 24.3 Å². The molecule has 6 heteroatoms. The predicted octanol–water partition coefficient (Wildman–Crippen LogP) is 0.546. The molecule has 1 atom stereocenters. The zero-order valence-corrected chi connectivity index (χ0v) is 10.4. The van der Waals surface area contributed by atoms with Gasteiger partial charge in [-0.25, -0.2) is 0 Å². The molecule has 0 saturated carbocycles. The van der Waals surface area contributed by atoms with E-state index in [1.54, 1.807) is 31.4 Å². The van der Waals surface area contributed by atoms with Crippen molar-refractivity contribution < 1.29 is 14.7 Å². The summed E-state index contributed by atoms with van der Waals surface area (Å²) in [6.45, 7) is 2.31. The first-order chi connectivity index (χ1) is 8.58. The maximum atomic E-state index is 11.8. The Hall–Kier alpha value is -2.08. The fourth-order valence-corrected chi connectivity index (χ4v) is 1.45. The summed E-state index contributed by atoms with van der Waals surface area (Å²) in [5.74, 6) is -0.180. The van der Waals surface area contributed by atoms with E-state index in [-0.39, 0.29) is 17.8 Å². The van der Waals surface area contributed by atoms with E-state index in [2.05, 4.69) is 10.5 Å². The number of hydrogen-bond donors (Lipinski definition) is 3. The first-order valence-electron chi connectivity index (χ1n) is 5.46. The van der Waals surface area contributed by atoms with Gasteiger partial charge >= 0.3 is 0 Å². The van der Waals surface area contributed by atoms with Gasteiger partial charge < -0.3 is 21.0 Å². The summed E-state index contributed by atoms with van der Waals surface area (Å²) in [7, 11) is 1.58. The second-order valence-electron chi connectivity index (χ2n) is 3.89. The van der Waals surface area contributed by atoms with Crippen LogP contribution in [0.5, 0.6) is 0 Å². The Morgan fingerprint density at radius 2 is 2.00 bits per heavy atom. The van der Waals surface area contributed by atoms with Crippen LogP contribution in [0, 0.1) is 0 Å². The molecule has 0 aliphatic heterocycles. The van der Waals surface area contributed by atoms with Gasteiger partial charge in [0.1, 0.15) is 0 Å². The van der Waals surface area contributed by atoms with Crippen LogP contribution in [-0.4, -0.2) is 36.7 Å². The van der Waals surface area contributed by atoms with Gasteiger partial charge in [0.2, 0.25) is 0 Å². The van der Waals surface area contributed by atoms with Gasteiger partial charge in [-0.3, -0.25) is 4.79 Å². The summed E-state index contributed by atoms with van der Waals surface area (Å²) >= 11 is 0. The highest BCUT2D eigenvalue weighted by Crippen LogP contribution is 2.04. The number of amidine groups is 1.